The van der Waals surface area contributed by atoms with Crippen molar-refractivity contribution in [3.05, 3.63) is 53.3 Å². The molecule has 8 nitrogen and oxygen atoms in total. The van der Waals surface area contributed by atoms with Gasteiger partial charge in [-0.05, 0) is 18.2 Å². The molecule has 0 unspecified atom stereocenters. The maximum Gasteiger partial charge on any atom is 0.336 e. The molecule has 1 aromatic heterocycles. The summed E-state index contributed by atoms with van der Waals surface area (Å²) in [4.78, 5) is 34.6. The Labute approximate surface area is 119 Å². The Balaban J connectivity index is 2.06. The van der Waals surface area contributed by atoms with E-state index >= 15 is 0 Å². The van der Waals surface area contributed by atoms with Gasteiger partial charge in [0.15, 0.2) is 5.69 Å². The second-order valence-corrected chi connectivity index (χ2v) is 4.13. The summed E-state index contributed by atoms with van der Waals surface area (Å²) in [6.07, 6.45) is 1.58. The van der Waals surface area contributed by atoms with Crippen molar-refractivity contribution < 1.29 is 19.5 Å². The van der Waals surface area contributed by atoms with Crippen molar-refractivity contribution in [2.45, 2.75) is 0 Å². The molecule has 2 aromatic rings. The summed E-state index contributed by atoms with van der Waals surface area (Å²) >= 11 is 0. The molecule has 0 radical (unpaired) electrons. The lowest BCUT2D eigenvalue weighted by molar-refractivity contribution is 0.0690. The molecular weight excluding hydrogens is 276 g/mol. The van der Waals surface area contributed by atoms with E-state index in [2.05, 4.69) is 16.0 Å². The van der Waals surface area contributed by atoms with Gasteiger partial charge in [-0.15, -0.1) is 0 Å². The first-order valence-corrected chi connectivity index (χ1v) is 5.91. The molecule has 0 saturated heterocycles. The first-order valence-electron chi connectivity index (χ1n) is 5.91. The topological polar surface area (TPSA) is 113 Å². The number of aromatic nitrogens is 2. The minimum absolute atomic E-state index is 0.0497. The highest BCUT2D eigenvalue weighted by molar-refractivity contribution is 6.05. The van der Waals surface area contributed by atoms with Crippen LogP contribution in [0.2, 0.25) is 0 Å². The molecule has 0 bridgehead atoms. The molecule has 0 aliphatic heterocycles. The van der Waals surface area contributed by atoms with Gasteiger partial charge in [-0.3, -0.25) is 25.1 Å². The molecule has 108 valence electrons. The number of hydrogen-bond donors (Lipinski definition) is 3. The van der Waals surface area contributed by atoms with Gasteiger partial charge in [0.1, 0.15) is 0 Å². The molecule has 0 fully saturated rings. The van der Waals surface area contributed by atoms with Crippen LogP contribution in [0.15, 0.2) is 36.5 Å². The Bertz CT molecular complexity index is 708. The summed E-state index contributed by atoms with van der Waals surface area (Å²) in [7, 11) is 1.65. The summed E-state index contributed by atoms with van der Waals surface area (Å²) in [5.41, 5.74) is 4.25. The predicted molar refractivity (Wildman–Crippen MR) is 71.5 cm³/mol. The normalized spacial score (nSPS) is 9.95. The second kappa shape index (κ2) is 5.87. The lowest BCUT2D eigenvalue weighted by Gasteiger charge is -2.08. The van der Waals surface area contributed by atoms with Gasteiger partial charge in [-0.25, -0.2) is 4.79 Å². The molecule has 21 heavy (non-hydrogen) atoms. The minimum Gasteiger partial charge on any atom is -0.478 e. The van der Waals surface area contributed by atoms with Gasteiger partial charge in [-0.2, -0.15) is 5.10 Å². The monoisotopic (exact) mass is 288 g/mol. The Hall–Kier alpha value is -3.16. The van der Waals surface area contributed by atoms with Crippen molar-refractivity contribution in [1.82, 2.24) is 20.6 Å². The highest BCUT2D eigenvalue weighted by Gasteiger charge is 2.16. The number of nitrogens with zero attached hydrogens (tertiary/aromatic N) is 2. The van der Waals surface area contributed by atoms with E-state index in [1.54, 1.807) is 13.2 Å². The summed E-state index contributed by atoms with van der Waals surface area (Å²) in [5, 5.41) is 12.9. The fourth-order valence-corrected chi connectivity index (χ4v) is 1.65. The second-order valence-electron chi connectivity index (χ2n) is 4.13. The van der Waals surface area contributed by atoms with E-state index in [1.807, 2.05) is 0 Å². The van der Waals surface area contributed by atoms with E-state index < -0.39 is 17.8 Å². The number of benzene rings is 1. The minimum atomic E-state index is -1.23. The highest BCUT2D eigenvalue weighted by atomic mass is 16.4. The third kappa shape index (κ3) is 3.24. The third-order valence-corrected chi connectivity index (χ3v) is 2.64. The number of carbonyl (C=O) groups is 3. The SMILES string of the molecule is Cn1ccc(C(=O)NNC(=O)c2ccccc2C(=O)O)n1. The van der Waals surface area contributed by atoms with Crippen LogP contribution >= 0.6 is 0 Å². The number of rotatable bonds is 3. The zero-order chi connectivity index (χ0) is 15.4. The summed E-state index contributed by atoms with van der Waals surface area (Å²) < 4.78 is 1.44. The van der Waals surface area contributed by atoms with Crippen LogP contribution in [0, 0.1) is 0 Å². The summed E-state index contributed by atoms with van der Waals surface area (Å²) in [5.74, 6) is -2.55. The van der Waals surface area contributed by atoms with E-state index in [0.717, 1.165) is 0 Å². The lowest BCUT2D eigenvalue weighted by atomic mass is 10.1. The van der Waals surface area contributed by atoms with Gasteiger partial charge >= 0.3 is 5.97 Å². The van der Waals surface area contributed by atoms with E-state index in [0.29, 0.717) is 0 Å². The molecule has 0 aliphatic carbocycles. The average molecular weight is 288 g/mol. The van der Waals surface area contributed by atoms with E-state index in [9.17, 15) is 14.4 Å². The number of carboxylic acids is 1. The average Bonchev–Trinajstić information content (AvgIpc) is 2.91. The number of nitrogens with one attached hydrogen (secondary N) is 2. The molecule has 0 saturated carbocycles. The van der Waals surface area contributed by atoms with E-state index in [4.69, 9.17) is 5.11 Å². The number of aromatic carboxylic acids is 1. The Morgan fingerprint density at radius 3 is 2.24 bits per heavy atom. The van der Waals surface area contributed by atoms with Crippen molar-refractivity contribution in [1.29, 1.82) is 0 Å². The van der Waals surface area contributed by atoms with Crippen LogP contribution in [0.25, 0.3) is 0 Å². The van der Waals surface area contributed by atoms with Crippen LogP contribution in [0.1, 0.15) is 31.2 Å². The first kappa shape index (κ1) is 14.3. The van der Waals surface area contributed by atoms with E-state index in [1.165, 1.54) is 35.0 Å². The first-order chi connectivity index (χ1) is 9.99. The Kier molecular flexibility index (Phi) is 3.98. The maximum absolute atomic E-state index is 11.9. The number of carbonyl (C=O) groups excluding carboxylic acids is 2. The van der Waals surface area contributed by atoms with Crippen LogP contribution in [-0.2, 0) is 7.05 Å². The quantitative estimate of drug-likeness (QED) is 0.698. The fourth-order valence-electron chi connectivity index (χ4n) is 1.65. The van der Waals surface area contributed by atoms with Crippen LogP contribution in [0.3, 0.4) is 0 Å². The smallest absolute Gasteiger partial charge is 0.336 e. The van der Waals surface area contributed by atoms with Crippen molar-refractivity contribution in [2.75, 3.05) is 0 Å². The summed E-state index contributed by atoms with van der Waals surface area (Å²) in [6.45, 7) is 0. The van der Waals surface area contributed by atoms with Crippen molar-refractivity contribution >= 4 is 17.8 Å². The largest absolute Gasteiger partial charge is 0.478 e. The maximum atomic E-state index is 11.9. The molecule has 0 spiro atoms. The van der Waals surface area contributed by atoms with Gasteiger partial charge in [0.2, 0.25) is 0 Å². The van der Waals surface area contributed by atoms with Crippen LogP contribution in [0.5, 0.6) is 0 Å². The molecule has 0 aliphatic rings. The van der Waals surface area contributed by atoms with Gasteiger partial charge in [0.25, 0.3) is 11.8 Å². The summed E-state index contributed by atoms with van der Waals surface area (Å²) in [6, 6.07) is 7.17. The highest BCUT2D eigenvalue weighted by Crippen LogP contribution is 2.08. The van der Waals surface area contributed by atoms with Gasteiger partial charge in [0.05, 0.1) is 11.1 Å². The van der Waals surface area contributed by atoms with Crippen molar-refractivity contribution in [3.63, 3.8) is 0 Å². The van der Waals surface area contributed by atoms with Crippen LogP contribution < -0.4 is 10.9 Å². The zero-order valence-electron chi connectivity index (χ0n) is 11.0. The molecule has 2 rings (SSSR count). The number of hydrazine groups is 1. The number of amides is 2. The molecule has 1 heterocycles. The molecule has 0 atom stereocenters. The Morgan fingerprint density at radius 2 is 1.67 bits per heavy atom. The van der Waals surface area contributed by atoms with Gasteiger partial charge in [0, 0.05) is 13.2 Å². The molecular formula is C13H12N4O4. The lowest BCUT2D eigenvalue weighted by Crippen LogP contribution is -2.42. The zero-order valence-corrected chi connectivity index (χ0v) is 11.0. The van der Waals surface area contributed by atoms with Crippen LogP contribution in [-0.4, -0.2) is 32.7 Å². The standard InChI is InChI=1S/C13H12N4O4/c1-17-7-6-10(16-17)12(19)15-14-11(18)8-4-2-3-5-9(8)13(20)21/h2-7H,1H3,(H,14,18)(H,15,19)(H,20,21). The fraction of sp³-hybridized carbons (Fsp3) is 0.0769. The van der Waals surface area contributed by atoms with Gasteiger partial charge < -0.3 is 5.11 Å². The third-order valence-electron chi connectivity index (χ3n) is 2.64. The Morgan fingerprint density at radius 1 is 1.05 bits per heavy atom. The van der Waals surface area contributed by atoms with Crippen LogP contribution in [0.4, 0.5) is 0 Å². The number of carboxylic acid groups (broad SMARTS) is 1. The molecule has 8 heteroatoms. The molecule has 3 N–H and O–H groups in total. The van der Waals surface area contributed by atoms with Crippen molar-refractivity contribution in [3.8, 4) is 0 Å². The molecule has 1 aromatic carbocycles. The predicted octanol–water partition coefficient (Wildman–Crippen LogP) is 0.193. The van der Waals surface area contributed by atoms with E-state index in [-0.39, 0.29) is 16.8 Å². The molecule has 2 amide bonds. The number of hydrogen-bond acceptors (Lipinski definition) is 4. The van der Waals surface area contributed by atoms with Crippen molar-refractivity contribution in [2.24, 2.45) is 7.05 Å². The van der Waals surface area contributed by atoms with Gasteiger partial charge in [-0.1, -0.05) is 12.1 Å². The number of aryl methyl sites for hydroxylation is 1.